The molecule has 2 aromatic heterocycles. The first-order valence-electron chi connectivity index (χ1n) is 7.93. The van der Waals surface area contributed by atoms with Crippen molar-refractivity contribution in [1.82, 2.24) is 9.13 Å². The van der Waals surface area contributed by atoms with E-state index in [4.69, 9.17) is 0 Å². The molecule has 0 saturated heterocycles. The summed E-state index contributed by atoms with van der Waals surface area (Å²) >= 11 is 1.33. The number of rotatable bonds is 4. The van der Waals surface area contributed by atoms with Gasteiger partial charge in [0.2, 0.25) is 0 Å². The fraction of sp³-hybridized carbons (Fsp3) is 0.158. The number of thiazole rings is 1. The van der Waals surface area contributed by atoms with Crippen LogP contribution in [0.2, 0.25) is 0 Å². The van der Waals surface area contributed by atoms with Crippen LogP contribution in [0.15, 0.2) is 53.5 Å². The van der Waals surface area contributed by atoms with Gasteiger partial charge in [0.25, 0.3) is 5.56 Å². The molecule has 2 heterocycles. The summed E-state index contributed by atoms with van der Waals surface area (Å²) in [5.41, 5.74) is 2.13. The van der Waals surface area contributed by atoms with Gasteiger partial charge >= 0.3 is 0 Å². The van der Waals surface area contributed by atoms with Crippen LogP contribution in [0.1, 0.15) is 12.6 Å². The third-order valence-corrected chi connectivity index (χ3v) is 5.02. The van der Waals surface area contributed by atoms with E-state index in [2.05, 4.69) is 11.4 Å². The maximum atomic E-state index is 12.7. The zero-order chi connectivity index (χ0) is 17.8. The van der Waals surface area contributed by atoms with Gasteiger partial charge < -0.3 is 9.88 Å². The normalized spacial score (nSPS) is 12.8. The summed E-state index contributed by atoms with van der Waals surface area (Å²) in [5.74, 6) is 0. The molecule has 5 nitrogen and oxygen atoms in total. The molecule has 0 aliphatic carbocycles. The van der Waals surface area contributed by atoms with Crippen LogP contribution in [0, 0.1) is 11.3 Å². The third-order valence-electron chi connectivity index (χ3n) is 3.89. The molecule has 0 atom stereocenters. The minimum atomic E-state index is -0.0899. The highest BCUT2D eigenvalue weighted by atomic mass is 32.1. The van der Waals surface area contributed by atoms with Crippen molar-refractivity contribution in [3.8, 4) is 6.07 Å². The zero-order valence-corrected chi connectivity index (χ0v) is 14.9. The van der Waals surface area contributed by atoms with E-state index >= 15 is 0 Å². The highest BCUT2D eigenvalue weighted by molar-refractivity contribution is 7.07. The first-order valence-corrected chi connectivity index (χ1v) is 8.75. The maximum Gasteiger partial charge on any atom is 0.270 e. The van der Waals surface area contributed by atoms with Gasteiger partial charge in [-0.1, -0.05) is 18.2 Å². The first kappa shape index (κ1) is 16.8. The Labute approximate surface area is 149 Å². The molecule has 1 N–H and O–H groups in total. The molecule has 126 valence electrons. The molecule has 0 fully saturated rings. The van der Waals surface area contributed by atoms with Crippen LogP contribution >= 0.6 is 11.3 Å². The van der Waals surface area contributed by atoms with Crippen molar-refractivity contribution in [2.75, 3.05) is 5.32 Å². The molecule has 0 aliphatic heterocycles. The highest BCUT2D eigenvalue weighted by Crippen LogP contribution is 2.10. The lowest BCUT2D eigenvalue weighted by atomic mass is 10.2. The van der Waals surface area contributed by atoms with Crippen molar-refractivity contribution in [3.63, 3.8) is 0 Å². The summed E-state index contributed by atoms with van der Waals surface area (Å²) in [6.45, 7) is 2.42. The van der Waals surface area contributed by atoms with E-state index in [1.165, 1.54) is 11.3 Å². The van der Waals surface area contributed by atoms with E-state index in [1.807, 2.05) is 67.2 Å². The Kier molecular flexibility index (Phi) is 4.87. The Balaban J connectivity index is 2.20. The maximum absolute atomic E-state index is 12.7. The number of nitrogens with zero attached hydrogens (tertiary/aromatic N) is 3. The number of aryl methyl sites for hydroxylation is 1. The third kappa shape index (κ3) is 3.28. The summed E-state index contributed by atoms with van der Waals surface area (Å²) in [4.78, 5) is 12.7. The van der Waals surface area contributed by atoms with Gasteiger partial charge in [0, 0.05) is 31.7 Å². The van der Waals surface area contributed by atoms with E-state index in [9.17, 15) is 10.1 Å². The predicted octanol–water partition coefficient (Wildman–Crippen LogP) is 1.84. The van der Waals surface area contributed by atoms with Crippen molar-refractivity contribution in [3.05, 3.63) is 73.9 Å². The molecule has 6 heteroatoms. The van der Waals surface area contributed by atoms with Crippen molar-refractivity contribution in [2.45, 2.75) is 13.5 Å². The number of anilines is 1. The first-order chi connectivity index (χ1) is 12.2. The fourth-order valence-corrected chi connectivity index (χ4v) is 3.71. The fourth-order valence-electron chi connectivity index (χ4n) is 2.61. The highest BCUT2D eigenvalue weighted by Gasteiger charge is 2.11. The van der Waals surface area contributed by atoms with E-state index < -0.39 is 0 Å². The summed E-state index contributed by atoms with van der Waals surface area (Å²) < 4.78 is 4.78. The van der Waals surface area contributed by atoms with Crippen LogP contribution in [0.5, 0.6) is 0 Å². The molecule has 0 unspecified atom stereocenters. The van der Waals surface area contributed by atoms with E-state index in [1.54, 1.807) is 10.8 Å². The van der Waals surface area contributed by atoms with Gasteiger partial charge in [-0.3, -0.25) is 9.36 Å². The van der Waals surface area contributed by atoms with Crippen molar-refractivity contribution < 1.29 is 0 Å². The molecular weight excluding hydrogens is 332 g/mol. The minimum Gasteiger partial charge on any atom is -0.360 e. The lowest BCUT2D eigenvalue weighted by Crippen LogP contribution is -2.32. The molecule has 1 aromatic carbocycles. The number of aromatic nitrogens is 2. The Hall–Kier alpha value is -3.04. The Morgan fingerprint density at radius 2 is 2.04 bits per heavy atom. The van der Waals surface area contributed by atoms with Gasteiger partial charge in [-0.25, -0.2) is 0 Å². The Bertz CT molecular complexity index is 1100. The lowest BCUT2D eigenvalue weighted by molar-refractivity contribution is 0.720. The molecule has 25 heavy (non-hydrogen) atoms. The van der Waals surface area contributed by atoms with Crippen molar-refractivity contribution >= 4 is 28.8 Å². The van der Waals surface area contributed by atoms with Crippen LogP contribution < -0.4 is 20.1 Å². The number of nitriles is 1. The van der Waals surface area contributed by atoms with Gasteiger partial charge in [0.05, 0.1) is 5.69 Å². The topological polar surface area (TPSA) is 62.8 Å². The molecule has 0 spiro atoms. The van der Waals surface area contributed by atoms with Gasteiger partial charge in [-0.15, -0.1) is 11.3 Å². The second kappa shape index (κ2) is 7.24. The molecule has 3 rings (SSSR count). The number of nitrogens with one attached hydrogen (secondary N) is 1. The minimum absolute atomic E-state index is 0.0899. The summed E-state index contributed by atoms with van der Waals surface area (Å²) in [5, 5.41) is 12.8. The number of hydrogen-bond acceptors (Lipinski definition) is 4. The van der Waals surface area contributed by atoms with Crippen LogP contribution in [0.25, 0.3) is 11.8 Å². The van der Waals surface area contributed by atoms with E-state index in [-0.39, 0.29) is 5.56 Å². The van der Waals surface area contributed by atoms with Gasteiger partial charge in [-0.2, -0.15) is 5.26 Å². The molecule has 0 aliphatic rings. The molecular formula is C19H18N4OS. The molecule has 3 aromatic rings. The zero-order valence-electron chi connectivity index (χ0n) is 14.1. The van der Waals surface area contributed by atoms with Crippen molar-refractivity contribution in [1.29, 1.82) is 5.26 Å². The van der Waals surface area contributed by atoms with Crippen LogP contribution in [-0.4, -0.2) is 9.13 Å². The number of para-hydroxylation sites is 1. The lowest BCUT2D eigenvalue weighted by Gasteiger charge is -2.02. The smallest absolute Gasteiger partial charge is 0.270 e. The number of hydrogen-bond donors (Lipinski definition) is 1. The van der Waals surface area contributed by atoms with Crippen molar-refractivity contribution in [2.24, 2.45) is 7.05 Å². The molecule has 0 radical (unpaired) electrons. The second-order valence-corrected chi connectivity index (χ2v) is 6.50. The van der Waals surface area contributed by atoms with Gasteiger partial charge in [0.15, 0.2) is 0 Å². The summed E-state index contributed by atoms with van der Waals surface area (Å²) in [6, 6.07) is 15.7. The monoisotopic (exact) mass is 350 g/mol. The molecule has 0 saturated carbocycles. The SMILES string of the molecule is CCn1c(=O)/c(=C\Nc2ccccc2)s/c1=C(/C#N)c1cccn1C. The Morgan fingerprint density at radius 1 is 1.28 bits per heavy atom. The molecule has 0 amide bonds. The van der Waals surface area contributed by atoms with Gasteiger partial charge in [-0.05, 0) is 31.2 Å². The van der Waals surface area contributed by atoms with E-state index in [0.717, 1.165) is 11.4 Å². The van der Waals surface area contributed by atoms with E-state index in [0.29, 0.717) is 21.3 Å². The number of benzene rings is 1. The van der Waals surface area contributed by atoms with Crippen LogP contribution in [0.3, 0.4) is 0 Å². The van der Waals surface area contributed by atoms with Crippen LogP contribution in [-0.2, 0) is 13.6 Å². The Morgan fingerprint density at radius 3 is 2.64 bits per heavy atom. The second-order valence-electron chi connectivity index (χ2n) is 5.47. The summed E-state index contributed by atoms with van der Waals surface area (Å²) in [7, 11) is 1.89. The average Bonchev–Trinajstić information content (AvgIpc) is 3.19. The predicted molar refractivity (Wildman–Crippen MR) is 102 cm³/mol. The quantitative estimate of drug-likeness (QED) is 0.781. The van der Waals surface area contributed by atoms with Gasteiger partial charge in [0.1, 0.15) is 20.8 Å². The molecule has 0 bridgehead atoms. The largest absolute Gasteiger partial charge is 0.360 e. The van der Waals surface area contributed by atoms with Crippen LogP contribution in [0.4, 0.5) is 5.69 Å². The summed E-state index contributed by atoms with van der Waals surface area (Å²) in [6.07, 6.45) is 3.59. The standard InChI is InChI=1S/C19H18N4OS/c1-3-23-18(24)17(13-21-14-8-5-4-6-9-14)25-19(23)15(12-20)16-10-7-11-22(16)2/h4-11,13,21H,3H2,1-2H3/b17-13+,19-15-. The average molecular weight is 350 g/mol.